The van der Waals surface area contributed by atoms with Gasteiger partial charge < -0.3 is 10.4 Å². The quantitative estimate of drug-likeness (QED) is 0.909. The van der Waals surface area contributed by atoms with E-state index in [1.807, 2.05) is 6.07 Å². The molecule has 1 aromatic heterocycles. The molecule has 0 aliphatic rings. The van der Waals surface area contributed by atoms with Crippen molar-refractivity contribution in [1.82, 2.24) is 4.98 Å². The van der Waals surface area contributed by atoms with Crippen LogP contribution in [-0.4, -0.2) is 16.6 Å². The molecule has 1 aromatic carbocycles. The van der Waals surface area contributed by atoms with Gasteiger partial charge in [-0.1, -0.05) is 17.7 Å². The summed E-state index contributed by atoms with van der Waals surface area (Å²) >= 11 is 5.58. The summed E-state index contributed by atoms with van der Waals surface area (Å²) in [5.74, 6) is -0.106. The van der Waals surface area contributed by atoms with Crippen LogP contribution < -0.4 is 5.32 Å². The van der Waals surface area contributed by atoms with Crippen molar-refractivity contribution >= 4 is 17.4 Å². The summed E-state index contributed by atoms with van der Waals surface area (Å²) in [6.45, 7) is 0.142. The predicted molar refractivity (Wildman–Crippen MR) is 73.8 cm³/mol. The van der Waals surface area contributed by atoms with Gasteiger partial charge in [0.2, 0.25) is 0 Å². The fraction of sp³-hybridized carbons (Fsp3) is 0.143. The number of rotatable bonds is 4. The topological polar surface area (TPSA) is 68.9 Å². The molecule has 2 rings (SSSR count). The highest BCUT2D eigenvalue weighted by Gasteiger charge is 2.10. The Morgan fingerprint density at radius 2 is 2.20 bits per heavy atom. The molecular weight excluding hydrogens is 281 g/mol. The summed E-state index contributed by atoms with van der Waals surface area (Å²) in [7, 11) is 0. The fourth-order valence-electron chi connectivity index (χ4n) is 1.64. The number of nitriles is 1. The lowest BCUT2D eigenvalue weighted by atomic mass is 10.1. The normalized spacial score (nSPS) is 11.7. The van der Waals surface area contributed by atoms with E-state index < -0.39 is 11.9 Å². The highest BCUT2D eigenvalue weighted by Crippen LogP contribution is 2.20. The zero-order chi connectivity index (χ0) is 14.5. The number of halogens is 2. The van der Waals surface area contributed by atoms with Gasteiger partial charge in [0.15, 0.2) is 0 Å². The van der Waals surface area contributed by atoms with E-state index in [2.05, 4.69) is 10.3 Å². The van der Waals surface area contributed by atoms with Gasteiger partial charge in [0.05, 0.1) is 22.8 Å². The third kappa shape index (κ3) is 3.44. The Bertz CT molecular complexity index is 657. The maximum absolute atomic E-state index is 13.3. The standard InChI is InChI=1S/C14H11ClFN3O/c15-11-2-1-10(6-12(11)16)13(20)8-19-14-5-9(7-17)3-4-18-14/h1-6,13,20H,8H2,(H,18,19). The third-order valence-electron chi connectivity index (χ3n) is 2.69. The summed E-state index contributed by atoms with van der Waals surface area (Å²) in [4.78, 5) is 4.02. The Kier molecular flexibility index (Phi) is 4.51. The van der Waals surface area contributed by atoms with Crippen molar-refractivity contribution in [3.63, 3.8) is 0 Å². The van der Waals surface area contributed by atoms with Gasteiger partial charge in [0, 0.05) is 12.7 Å². The molecule has 0 aliphatic heterocycles. The number of pyridine rings is 1. The van der Waals surface area contributed by atoms with Crippen molar-refractivity contribution in [3.05, 3.63) is 58.5 Å². The first-order chi connectivity index (χ1) is 9.60. The number of aliphatic hydroxyl groups is 1. The van der Waals surface area contributed by atoms with Crippen molar-refractivity contribution < 1.29 is 9.50 Å². The molecule has 0 bridgehead atoms. The van der Waals surface area contributed by atoms with Crippen LogP contribution in [0.15, 0.2) is 36.5 Å². The van der Waals surface area contributed by atoms with Crippen molar-refractivity contribution in [2.24, 2.45) is 0 Å². The Balaban J connectivity index is 2.02. The molecule has 0 saturated heterocycles. The number of anilines is 1. The molecule has 0 amide bonds. The summed E-state index contributed by atoms with van der Waals surface area (Å²) < 4.78 is 13.3. The Morgan fingerprint density at radius 1 is 1.40 bits per heavy atom. The second kappa shape index (κ2) is 6.33. The van der Waals surface area contributed by atoms with Crippen LogP contribution in [0, 0.1) is 17.1 Å². The minimum Gasteiger partial charge on any atom is -0.387 e. The van der Waals surface area contributed by atoms with Gasteiger partial charge in [-0.05, 0) is 29.8 Å². The number of aromatic nitrogens is 1. The molecule has 4 nitrogen and oxygen atoms in total. The lowest BCUT2D eigenvalue weighted by molar-refractivity contribution is 0.191. The minimum atomic E-state index is -0.908. The Hall–Kier alpha value is -2.16. The molecule has 20 heavy (non-hydrogen) atoms. The van der Waals surface area contributed by atoms with Gasteiger partial charge in [0.25, 0.3) is 0 Å². The minimum absolute atomic E-state index is 0.0114. The molecule has 0 spiro atoms. The first kappa shape index (κ1) is 14.3. The SMILES string of the molecule is N#Cc1ccnc(NCC(O)c2ccc(Cl)c(F)c2)c1. The summed E-state index contributed by atoms with van der Waals surface area (Å²) in [6.07, 6.45) is 0.587. The van der Waals surface area contributed by atoms with E-state index in [-0.39, 0.29) is 11.6 Å². The van der Waals surface area contributed by atoms with E-state index >= 15 is 0 Å². The molecule has 1 atom stereocenters. The monoisotopic (exact) mass is 291 g/mol. The fourth-order valence-corrected chi connectivity index (χ4v) is 1.75. The molecule has 1 heterocycles. The van der Waals surface area contributed by atoms with Gasteiger partial charge in [-0.25, -0.2) is 9.37 Å². The highest BCUT2D eigenvalue weighted by atomic mass is 35.5. The van der Waals surface area contributed by atoms with Crippen molar-refractivity contribution in [1.29, 1.82) is 5.26 Å². The molecule has 0 aliphatic carbocycles. The van der Waals surface area contributed by atoms with E-state index in [1.165, 1.54) is 18.3 Å². The Morgan fingerprint density at radius 3 is 2.90 bits per heavy atom. The average molecular weight is 292 g/mol. The zero-order valence-corrected chi connectivity index (χ0v) is 11.1. The van der Waals surface area contributed by atoms with Crippen LogP contribution in [0.25, 0.3) is 0 Å². The number of nitrogens with zero attached hydrogens (tertiary/aromatic N) is 2. The summed E-state index contributed by atoms with van der Waals surface area (Å²) in [5.41, 5.74) is 0.880. The van der Waals surface area contributed by atoms with Crippen LogP contribution in [0.5, 0.6) is 0 Å². The van der Waals surface area contributed by atoms with Crippen LogP contribution in [-0.2, 0) is 0 Å². The molecule has 0 fully saturated rings. The lowest BCUT2D eigenvalue weighted by Crippen LogP contribution is -2.13. The van der Waals surface area contributed by atoms with E-state index in [9.17, 15) is 9.50 Å². The predicted octanol–water partition coefficient (Wildman–Crippen LogP) is 2.89. The van der Waals surface area contributed by atoms with Crippen LogP contribution in [0.2, 0.25) is 5.02 Å². The number of aliphatic hydroxyl groups excluding tert-OH is 1. The molecule has 6 heteroatoms. The molecule has 2 N–H and O–H groups in total. The van der Waals surface area contributed by atoms with Gasteiger partial charge in [-0.15, -0.1) is 0 Å². The zero-order valence-electron chi connectivity index (χ0n) is 10.3. The Labute approximate surface area is 120 Å². The third-order valence-corrected chi connectivity index (χ3v) is 3.00. The van der Waals surface area contributed by atoms with Crippen LogP contribution in [0.4, 0.5) is 10.2 Å². The van der Waals surface area contributed by atoms with E-state index in [0.717, 1.165) is 0 Å². The van der Waals surface area contributed by atoms with Crippen LogP contribution in [0.3, 0.4) is 0 Å². The summed E-state index contributed by atoms with van der Waals surface area (Å²) in [5, 5.41) is 21.6. The molecule has 0 radical (unpaired) electrons. The van der Waals surface area contributed by atoms with Gasteiger partial charge >= 0.3 is 0 Å². The molecule has 0 saturated carbocycles. The first-order valence-electron chi connectivity index (χ1n) is 5.83. The first-order valence-corrected chi connectivity index (χ1v) is 6.21. The number of hydrogen-bond acceptors (Lipinski definition) is 4. The average Bonchev–Trinajstić information content (AvgIpc) is 2.47. The second-order valence-corrected chi connectivity index (χ2v) is 4.52. The lowest BCUT2D eigenvalue weighted by Gasteiger charge is -2.13. The van der Waals surface area contributed by atoms with E-state index in [4.69, 9.17) is 16.9 Å². The number of benzene rings is 1. The van der Waals surface area contributed by atoms with Gasteiger partial charge in [0.1, 0.15) is 11.6 Å². The smallest absolute Gasteiger partial charge is 0.142 e. The molecule has 2 aromatic rings. The van der Waals surface area contributed by atoms with Gasteiger partial charge in [-0.2, -0.15) is 5.26 Å². The van der Waals surface area contributed by atoms with Crippen LogP contribution >= 0.6 is 11.6 Å². The second-order valence-electron chi connectivity index (χ2n) is 4.11. The van der Waals surface area contributed by atoms with Crippen molar-refractivity contribution in [2.45, 2.75) is 6.10 Å². The maximum atomic E-state index is 13.3. The molecule has 1 unspecified atom stereocenters. The van der Waals surface area contributed by atoms with Gasteiger partial charge in [-0.3, -0.25) is 0 Å². The summed E-state index contributed by atoms with van der Waals surface area (Å²) in [6, 6.07) is 9.27. The number of nitrogens with one attached hydrogen (secondary N) is 1. The number of hydrogen-bond donors (Lipinski definition) is 2. The highest BCUT2D eigenvalue weighted by molar-refractivity contribution is 6.30. The van der Waals surface area contributed by atoms with Crippen molar-refractivity contribution in [2.75, 3.05) is 11.9 Å². The molecule has 102 valence electrons. The van der Waals surface area contributed by atoms with Crippen LogP contribution in [0.1, 0.15) is 17.2 Å². The van der Waals surface area contributed by atoms with E-state index in [1.54, 1.807) is 18.2 Å². The maximum Gasteiger partial charge on any atom is 0.142 e. The molecular formula is C14H11ClFN3O. The van der Waals surface area contributed by atoms with E-state index in [0.29, 0.717) is 16.9 Å². The van der Waals surface area contributed by atoms with Crippen molar-refractivity contribution in [3.8, 4) is 6.07 Å². The largest absolute Gasteiger partial charge is 0.387 e.